The van der Waals surface area contributed by atoms with Gasteiger partial charge in [-0.25, -0.2) is 4.79 Å². The molecule has 23 heavy (non-hydrogen) atoms. The van der Waals surface area contributed by atoms with Crippen molar-refractivity contribution in [3.63, 3.8) is 0 Å². The molecule has 1 aliphatic rings. The van der Waals surface area contributed by atoms with Gasteiger partial charge in [0, 0.05) is 13.0 Å². The lowest BCUT2D eigenvalue weighted by Crippen LogP contribution is -2.32. The SMILES string of the molecule is CC1(C)CCC(CNC(=O)CCc2ccccc2C(=O)O)CC1. The molecule has 0 atom stereocenters. The first kappa shape index (κ1) is 17.5. The number of hydrogen-bond acceptors (Lipinski definition) is 2. The van der Waals surface area contributed by atoms with Crippen LogP contribution in [0, 0.1) is 11.3 Å². The molecule has 0 unspecified atom stereocenters. The van der Waals surface area contributed by atoms with Crippen molar-refractivity contribution in [1.29, 1.82) is 0 Å². The summed E-state index contributed by atoms with van der Waals surface area (Å²) in [6, 6.07) is 6.88. The van der Waals surface area contributed by atoms with Gasteiger partial charge in [-0.1, -0.05) is 32.0 Å². The third kappa shape index (κ3) is 5.38. The molecule has 0 bridgehead atoms. The van der Waals surface area contributed by atoms with Crippen molar-refractivity contribution in [3.05, 3.63) is 35.4 Å². The predicted octanol–water partition coefficient (Wildman–Crippen LogP) is 3.65. The molecule has 4 heteroatoms. The lowest BCUT2D eigenvalue weighted by Gasteiger charge is -2.34. The summed E-state index contributed by atoms with van der Waals surface area (Å²) in [5.74, 6) is -0.348. The van der Waals surface area contributed by atoms with E-state index < -0.39 is 5.97 Å². The molecule has 2 N–H and O–H groups in total. The molecule has 0 saturated heterocycles. The minimum Gasteiger partial charge on any atom is -0.478 e. The van der Waals surface area contributed by atoms with Gasteiger partial charge in [0.15, 0.2) is 0 Å². The van der Waals surface area contributed by atoms with Gasteiger partial charge in [0.05, 0.1) is 5.56 Å². The summed E-state index contributed by atoms with van der Waals surface area (Å²) in [5.41, 5.74) is 1.45. The van der Waals surface area contributed by atoms with Crippen LogP contribution in [-0.2, 0) is 11.2 Å². The average Bonchev–Trinajstić information content (AvgIpc) is 2.52. The molecule has 1 aromatic carbocycles. The van der Waals surface area contributed by atoms with Crippen molar-refractivity contribution < 1.29 is 14.7 Å². The number of aromatic carboxylic acids is 1. The highest BCUT2D eigenvalue weighted by Gasteiger charge is 2.26. The first-order chi connectivity index (χ1) is 10.9. The third-order valence-corrected chi connectivity index (χ3v) is 4.92. The van der Waals surface area contributed by atoms with Crippen LogP contribution < -0.4 is 5.32 Å². The number of nitrogens with one attached hydrogen (secondary N) is 1. The standard InChI is InChI=1S/C19H27NO3/c1-19(2)11-9-14(10-12-19)13-20-17(21)8-7-15-5-3-4-6-16(15)18(22)23/h3-6,14H,7-13H2,1-2H3,(H,20,21)(H,22,23). The molecule has 2 rings (SSSR count). The van der Waals surface area contributed by atoms with Crippen LogP contribution in [0.15, 0.2) is 24.3 Å². The Bertz CT molecular complexity index is 555. The smallest absolute Gasteiger partial charge is 0.335 e. The number of benzene rings is 1. The summed E-state index contributed by atoms with van der Waals surface area (Å²) in [4.78, 5) is 23.2. The van der Waals surface area contributed by atoms with E-state index in [0.717, 1.165) is 12.1 Å². The van der Waals surface area contributed by atoms with Crippen LogP contribution in [0.2, 0.25) is 0 Å². The number of carbonyl (C=O) groups is 2. The van der Waals surface area contributed by atoms with E-state index in [4.69, 9.17) is 5.11 Å². The predicted molar refractivity (Wildman–Crippen MR) is 90.5 cm³/mol. The number of hydrogen-bond donors (Lipinski definition) is 2. The van der Waals surface area contributed by atoms with Gasteiger partial charge < -0.3 is 10.4 Å². The molecule has 1 aromatic rings. The number of aryl methyl sites for hydroxylation is 1. The second kappa shape index (κ2) is 7.62. The van der Waals surface area contributed by atoms with Gasteiger partial charge in [-0.2, -0.15) is 0 Å². The van der Waals surface area contributed by atoms with Crippen LogP contribution in [0.1, 0.15) is 61.9 Å². The van der Waals surface area contributed by atoms with Crippen molar-refractivity contribution in [2.75, 3.05) is 6.54 Å². The van der Waals surface area contributed by atoms with E-state index in [1.807, 2.05) is 6.07 Å². The van der Waals surface area contributed by atoms with E-state index in [2.05, 4.69) is 19.2 Å². The van der Waals surface area contributed by atoms with Crippen molar-refractivity contribution in [1.82, 2.24) is 5.32 Å². The van der Waals surface area contributed by atoms with Crippen molar-refractivity contribution in [2.45, 2.75) is 52.4 Å². The largest absolute Gasteiger partial charge is 0.478 e. The van der Waals surface area contributed by atoms with E-state index in [0.29, 0.717) is 24.2 Å². The highest BCUT2D eigenvalue weighted by molar-refractivity contribution is 5.89. The number of amides is 1. The van der Waals surface area contributed by atoms with Crippen LogP contribution in [0.5, 0.6) is 0 Å². The Kier molecular flexibility index (Phi) is 5.80. The second-order valence-corrected chi connectivity index (χ2v) is 7.37. The maximum atomic E-state index is 12.0. The molecule has 0 aliphatic heterocycles. The molecule has 1 fully saturated rings. The van der Waals surface area contributed by atoms with Gasteiger partial charge in [0.2, 0.25) is 5.91 Å². The summed E-state index contributed by atoms with van der Waals surface area (Å²) in [5, 5.41) is 12.2. The Morgan fingerprint density at radius 2 is 1.87 bits per heavy atom. The molecule has 0 spiro atoms. The highest BCUT2D eigenvalue weighted by Crippen LogP contribution is 2.37. The third-order valence-electron chi connectivity index (χ3n) is 4.92. The first-order valence-corrected chi connectivity index (χ1v) is 8.45. The van der Waals surface area contributed by atoms with E-state index >= 15 is 0 Å². The molecule has 1 aliphatic carbocycles. The lowest BCUT2D eigenvalue weighted by atomic mass is 9.73. The topological polar surface area (TPSA) is 66.4 Å². The van der Waals surface area contributed by atoms with E-state index in [1.165, 1.54) is 25.7 Å². The Morgan fingerprint density at radius 3 is 2.52 bits per heavy atom. The lowest BCUT2D eigenvalue weighted by molar-refractivity contribution is -0.121. The molecule has 126 valence electrons. The van der Waals surface area contributed by atoms with Crippen LogP contribution in [0.3, 0.4) is 0 Å². The molecule has 0 heterocycles. The zero-order chi connectivity index (χ0) is 16.9. The van der Waals surface area contributed by atoms with Gasteiger partial charge >= 0.3 is 5.97 Å². The van der Waals surface area contributed by atoms with E-state index in [-0.39, 0.29) is 11.5 Å². The second-order valence-electron chi connectivity index (χ2n) is 7.37. The number of carboxylic acid groups (broad SMARTS) is 1. The fraction of sp³-hybridized carbons (Fsp3) is 0.579. The highest BCUT2D eigenvalue weighted by atomic mass is 16.4. The van der Waals surface area contributed by atoms with Gasteiger partial charge in [-0.15, -0.1) is 0 Å². The average molecular weight is 317 g/mol. The quantitative estimate of drug-likeness (QED) is 0.841. The Labute approximate surface area is 138 Å². The summed E-state index contributed by atoms with van der Waals surface area (Å²) in [6.45, 7) is 5.36. The summed E-state index contributed by atoms with van der Waals surface area (Å²) in [6.07, 6.45) is 5.60. The van der Waals surface area contributed by atoms with Crippen molar-refractivity contribution in [3.8, 4) is 0 Å². The molecular formula is C19H27NO3. The number of carboxylic acids is 1. The van der Waals surface area contributed by atoms with Gasteiger partial charge in [0.25, 0.3) is 0 Å². The van der Waals surface area contributed by atoms with Crippen molar-refractivity contribution in [2.24, 2.45) is 11.3 Å². The monoisotopic (exact) mass is 317 g/mol. The Balaban J connectivity index is 1.75. The first-order valence-electron chi connectivity index (χ1n) is 8.45. The zero-order valence-corrected chi connectivity index (χ0v) is 14.1. The summed E-state index contributed by atoms with van der Waals surface area (Å²) >= 11 is 0. The Hall–Kier alpha value is -1.84. The number of carbonyl (C=O) groups excluding carboxylic acids is 1. The summed E-state index contributed by atoms with van der Waals surface area (Å²) in [7, 11) is 0. The molecule has 1 saturated carbocycles. The Morgan fingerprint density at radius 1 is 1.22 bits per heavy atom. The summed E-state index contributed by atoms with van der Waals surface area (Å²) < 4.78 is 0. The van der Waals surface area contributed by atoms with Crippen molar-refractivity contribution >= 4 is 11.9 Å². The molecule has 1 amide bonds. The molecular weight excluding hydrogens is 290 g/mol. The fourth-order valence-electron chi connectivity index (χ4n) is 3.20. The maximum absolute atomic E-state index is 12.0. The molecule has 4 nitrogen and oxygen atoms in total. The van der Waals surface area contributed by atoms with Gasteiger partial charge in [-0.05, 0) is 55.1 Å². The van der Waals surface area contributed by atoms with Crippen LogP contribution >= 0.6 is 0 Å². The van der Waals surface area contributed by atoms with Gasteiger partial charge in [-0.3, -0.25) is 4.79 Å². The fourth-order valence-corrected chi connectivity index (χ4v) is 3.20. The number of rotatable bonds is 6. The van der Waals surface area contributed by atoms with E-state index in [1.54, 1.807) is 18.2 Å². The zero-order valence-electron chi connectivity index (χ0n) is 14.1. The normalized spacial score (nSPS) is 17.7. The van der Waals surface area contributed by atoms with E-state index in [9.17, 15) is 9.59 Å². The molecule has 0 radical (unpaired) electrons. The van der Waals surface area contributed by atoms with Crippen LogP contribution in [-0.4, -0.2) is 23.5 Å². The molecule has 0 aromatic heterocycles. The van der Waals surface area contributed by atoms with Gasteiger partial charge in [0.1, 0.15) is 0 Å². The van der Waals surface area contributed by atoms with Crippen LogP contribution in [0.25, 0.3) is 0 Å². The van der Waals surface area contributed by atoms with Crippen LogP contribution in [0.4, 0.5) is 0 Å². The minimum atomic E-state index is -0.939. The minimum absolute atomic E-state index is 0.00928. The maximum Gasteiger partial charge on any atom is 0.335 e.